The average Bonchev–Trinajstić information content (AvgIpc) is 2.15. The first-order valence-corrected chi connectivity index (χ1v) is 5.42. The molecule has 2 aromatic rings. The lowest BCUT2D eigenvalue weighted by atomic mass is 9.86. The Morgan fingerprint density at radius 2 is 1.81 bits per heavy atom. The number of hydrogen-bond donors (Lipinski definition) is 1. The normalized spacial score (nSPS) is 12.0. The Kier molecular flexibility index (Phi) is 2.34. The quantitative estimate of drug-likeness (QED) is 0.735. The fourth-order valence-corrected chi connectivity index (χ4v) is 1.77. The van der Waals surface area contributed by atoms with Gasteiger partial charge in [-0.25, -0.2) is 9.97 Å². The number of benzene rings is 1. The lowest BCUT2D eigenvalue weighted by Gasteiger charge is -2.19. The van der Waals surface area contributed by atoms with Gasteiger partial charge in [-0.1, -0.05) is 26.8 Å². The van der Waals surface area contributed by atoms with Crippen LogP contribution in [-0.2, 0) is 5.41 Å². The molecular formula is C13H17N3. The lowest BCUT2D eigenvalue weighted by Crippen LogP contribution is -2.11. The maximum Gasteiger partial charge on any atom is 0.220 e. The highest BCUT2D eigenvalue weighted by molar-refractivity contribution is 5.82. The summed E-state index contributed by atoms with van der Waals surface area (Å²) in [4.78, 5) is 8.42. The van der Waals surface area contributed by atoms with E-state index in [4.69, 9.17) is 5.73 Å². The van der Waals surface area contributed by atoms with Crippen LogP contribution >= 0.6 is 0 Å². The predicted octanol–water partition coefficient (Wildman–Crippen LogP) is 2.82. The van der Waals surface area contributed by atoms with Crippen molar-refractivity contribution in [1.29, 1.82) is 0 Å². The number of nitrogens with two attached hydrogens (primary N) is 1. The minimum absolute atomic E-state index is 0.141. The molecule has 0 saturated carbocycles. The van der Waals surface area contributed by atoms with Gasteiger partial charge in [0.1, 0.15) is 0 Å². The summed E-state index contributed by atoms with van der Waals surface area (Å²) in [7, 11) is 0. The van der Waals surface area contributed by atoms with Gasteiger partial charge in [0.05, 0.1) is 11.2 Å². The van der Waals surface area contributed by atoms with E-state index >= 15 is 0 Å². The molecule has 2 N–H and O–H groups in total. The molecule has 2 rings (SSSR count). The molecule has 0 unspecified atom stereocenters. The molecule has 0 amide bonds. The van der Waals surface area contributed by atoms with Gasteiger partial charge in [-0.15, -0.1) is 0 Å². The molecule has 0 aliphatic rings. The third-order valence-corrected chi connectivity index (χ3v) is 2.77. The Morgan fingerprint density at radius 1 is 1.12 bits per heavy atom. The zero-order valence-electron chi connectivity index (χ0n) is 10.2. The first-order chi connectivity index (χ1) is 7.38. The molecule has 0 spiro atoms. The number of anilines is 1. The van der Waals surface area contributed by atoms with E-state index in [-0.39, 0.29) is 5.41 Å². The summed E-state index contributed by atoms with van der Waals surface area (Å²) < 4.78 is 0. The molecule has 1 aromatic heterocycles. The molecule has 0 atom stereocenters. The number of fused-ring (bicyclic) bond motifs is 1. The summed E-state index contributed by atoms with van der Waals surface area (Å²) in [6.45, 7) is 8.55. The molecule has 84 valence electrons. The van der Waals surface area contributed by atoms with Crippen LogP contribution in [0, 0.1) is 6.92 Å². The molecular weight excluding hydrogens is 198 g/mol. The molecule has 0 radical (unpaired) electrons. The fraction of sp³-hybridized carbons (Fsp3) is 0.385. The molecule has 16 heavy (non-hydrogen) atoms. The van der Waals surface area contributed by atoms with E-state index in [0.29, 0.717) is 5.95 Å². The van der Waals surface area contributed by atoms with Crippen molar-refractivity contribution in [3.05, 3.63) is 29.5 Å². The van der Waals surface area contributed by atoms with Gasteiger partial charge in [0.25, 0.3) is 0 Å². The predicted molar refractivity (Wildman–Crippen MR) is 67.4 cm³/mol. The molecule has 1 aromatic carbocycles. The molecule has 0 fully saturated rings. The zero-order valence-corrected chi connectivity index (χ0v) is 10.2. The first kappa shape index (κ1) is 10.9. The second-order valence-electron chi connectivity index (χ2n) is 5.15. The van der Waals surface area contributed by atoms with E-state index in [2.05, 4.69) is 42.9 Å². The van der Waals surface area contributed by atoms with Gasteiger partial charge in [0.15, 0.2) is 0 Å². The highest BCUT2D eigenvalue weighted by Crippen LogP contribution is 2.26. The van der Waals surface area contributed by atoms with Crippen molar-refractivity contribution in [1.82, 2.24) is 9.97 Å². The smallest absolute Gasteiger partial charge is 0.220 e. The molecule has 3 heteroatoms. The van der Waals surface area contributed by atoms with Crippen LogP contribution in [0.2, 0.25) is 0 Å². The van der Waals surface area contributed by atoms with Crippen LogP contribution in [0.1, 0.15) is 32.0 Å². The lowest BCUT2D eigenvalue weighted by molar-refractivity contribution is 0.591. The second kappa shape index (κ2) is 3.44. The van der Waals surface area contributed by atoms with Gasteiger partial charge in [0.2, 0.25) is 5.95 Å². The minimum atomic E-state index is 0.141. The van der Waals surface area contributed by atoms with E-state index in [9.17, 15) is 0 Å². The SMILES string of the molecule is Cc1nc(N)nc2ccc(C(C)(C)C)cc12. The molecule has 0 saturated heterocycles. The summed E-state index contributed by atoms with van der Waals surface area (Å²) in [6, 6.07) is 6.28. The van der Waals surface area contributed by atoms with E-state index < -0.39 is 0 Å². The summed E-state index contributed by atoms with van der Waals surface area (Å²) in [6.07, 6.45) is 0. The number of aryl methyl sites for hydroxylation is 1. The van der Waals surface area contributed by atoms with Crippen molar-refractivity contribution in [3.8, 4) is 0 Å². The number of rotatable bonds is 0. The van der Waals surface area contributed by atoms with Gasteiger partial charge in [-0.3, -0.25) is 0 Å². The summed E-state index contributed by atoms with van der Waals surface area (Å²) in [5, 5.41) is 1.08. The Hall–Kier alpha value is -1.64. The molecule has 0 bridgehead atoms. The van der Waals surface area contributed by atoms with E-state index in [1.807, 2.05) is 13.0 Å². The van der Waals surface area contributed by atoms with Crippen molar-refractivity contribution < 1.29 is 0 Å². The molecule has 0 aliphatic carbocycles. The number of nitrogens with zero attached hydrogens (tertiary/aromatic N) is 2. The Labute approximate surface area is 95.7 Å². The maximum absolute atomic E-state index is 5.63. The highest BCUT2D eigenvalue weighted by atomic mass is 15.0. The Morgan fingerprint density at radius 3 is 2.44 bits per heavy atom. The van der Waals surface area contributed by atoms with E-state index in [0.717, 1.165) is 16.6 Å². The largest absolute Gasteiger partial charge is 0.368 e. The molecule has 0 aliphatic heterocycles. The van der Waals surface area contributed by atoms with Crippen molar-refractivity contribution in [3.63, 3.8) is 0 Å². The van der Waals surface area contributed by atoms with Gasteiger partial charge >= 0.3 is 0 Å². The van der Waals surface area contributed by atoms with Crippen LogP contribution in [0.3, 0.4) is 0 Å². The topological polar surface area (TPSA) is 51.8 Å². The second-order valence-corrected chi connectivity index (χ2v) is 5.15. The monoisotopic (exact) mass is 215 g/mol. The summed E-state index contributed by atoms with van der Waals surface area (Å²) in [5.41, 5.74) is 8.91. The van der Waals surface area contributed by atoms with Gasteiger partial charge in [-0.2, -0.15) is 0 Å². The van der Waals surface area contributed by atoms with Crippen molar-refractivity contribution in [2.45, 2.75) is 33.1 Å². The van der Waals surface area contributed by atoms with Crippen LogP contribution in [0.15, 0.2) is 18.2 Å². The average molecular weight is 215 g/mol. The van der Waals surface area contributed by atoms with Crippen LogP contribution < -0.4 is 5.73 Å². The summed E-state index contributed by atoms with van der Waals surface area (Å²) >= 11 is 0. The number of nitrogen functional groups attached to an aromatic ring is 1. The molecule has 1 heterocycles. The van der Waals surface area contributed by atoms with Gasteiger partial charge in [-0.05, 0) is 30.0 Å². The van der Waals surface area contributed by atoms with Crippen LogP contribution in [0.4, 0.5) is 5.95 Å². The fourth-order valence-electron chi connectivity index (χ4n) is 1.77. The molecule has 3 nitrogen and oxygen atoms in total. The Balaban J connectivity index is 2.72. The standard InChI is InChI=1S/C13H17N3/c1-8-10-7-9(13(2,3)4)5-6-11(10)16-12(14)15-8/h5-7H,1-4H3,(H2,14,15,16). The third-order valence-electron chi connectivity index (χ3n) is 2.77. The van der Waals surface area contributed by atoms with Crippen molar-refractivity contribution >= 4 is 16.9 Å². The highest BCUT2D eigenvalue weighted by Gasteiger charge is 2.14. The minimum Gasteiger partial charge on any atom is -0.368 e. The van der Waals surface area contributed by atoms with E-state index in [1.54, 1.807) is 0 Å². The van der Waals surface area contributed by atoms with Crippen LogP contribution in [-0.4, -0.2) is 9.97 Å². The van der Waals surface area contributed by atoms with Crippen molar-refractivity contribution in [2.24, 2.45) is 0 Å². The van der Waals surface area contributed by atoms with Gasteiger partial charge < -0.3 is 5.73 Å². The zero-order chi connectivity index (χ0) is 11.9. The van der Waals surface area contributed by atoms with Crippen molar-refractivity contribution in [2.75, 3.05) is 5.73 Å². The van der Waals surface area contributed by atoms with Gasteiger partial charge in [0, 0.05) is 5.39 Å². The Bertz CT molecular complexity index is 539. The number of aromatic nitrogens is 2. The van der Waals surface area contributed by atoms with E-state index in [1.165, 1.54) is 5.56 Å². The maximum atomic E-state index is 5.63. The van der Waals surface area contributed by atoms with Crippen LogP contribution in [0.5, 0.6) is 0 Å². The number of hydrogen-bond acceptors (Lipinski definition) is 3. The first-order valence-electron chi connectivity index (χ1n) is 5.42. The summed E-state index contributed by atoms with van der Waals surface area (Å²) in [5.74, 6) is 0.341. The third kappa shape index (κ3) is 1.85. The van der Waals surface area contributed by atoms with Crippen LogP contribution in [0.25, 0.3) is 10.9 Å².